The van der Waals surface area contributed by atoms with Gasteiger partial charge in [-0.1, -0.05) is 36.4 Å². The molecule has 3 rings (SSSR count). The number of allylic oxidation sites excluding steroid dienone is 2. The van der Waals surface area contributed by atoms with Crippen LogP contribution in [0.3, 0.4) is 0 Å². The smallest absolute Gasteiger partial charge is 0.303 e. The van der Waals surface area contributed by atoms with Crippen LogP contribution in [-0.4, -0.2) is 46.8 Å². The molecule has 2 heterocycles. The van der Waals surface area contributed by atoms with Gasteiger partial charge in [0.05, 0.1) is 25.5 Å². The van der Waals surface area contributed by atoms with Crippen LogP contribution < -0.4 is 10.9 Å². The molecule has 1 fully saturated rings. The third-order valence-corrected chi connectivity index (χ3v) is 5.00. The zero-order valence-electron chi connectivity index (χ0n) is 16.6. The first-order chi connectivity index (χ1) is 14.0. The zero-order chi connectivity index (χ0) is 20.6. The van der Waals surface area contributed by atoms with Crippen LogP contribution in [0.15, 0.2) is 42.6 Å². The lowest BCUT2D eigenvalue weighted by molar-refractivity contribution is -0.224. The number of aromatic nitrogens is 2. The van der Waals surface area contributed by atoms with E-state index in [0.717, 1.165) is 23.6 Å². The first-order valence-corrected chi connectivity index (χ1v) is 9.91. The Balaban J connectivity index is 1.62. The van der Waals surface area contributed by atoms with E-state index in [2.05, 4.69) is 16.3 Å². The quantitative estimate of drug-likeness (QED) is 0.286. The number of carboxylic acids is 1. The number of unbranched alkanes of at least 4 members (excludes halogenated alkanes) is 1. The fraction of sp³-hybridized carbons (Fsp3) is 0.476. The normalized spacial score (nSPS) is 22.2. The number of aliphatic carboxylic acids is 1. The van der Waals surface area contributed by atoms with E-state index in [1.165, 1.54) is 0 Å². The van der Waals surface area contributed by atoms with E-state index in [4.69, 9.17) is 20.4 Å². The number of nitrogens with zero attached hydrogens (tertiary/aromatic N) is 3. The minimum Gasteiger partial charge on any atom is -0.481 e. The molecule has 2 aromatic rings. The first kappa shape index (κ1) is 21.2. The van der Waals surface area contributed by atoms with Crippen molar-refractivity contribution < 1.29 is 19.4 Å². The molecule has 0 saturated carbocycles. The summed E-state index contributed by atoms with van der Waals surface area (Å²) in [5, 5.41) is 20.5. The highest BCUT2D eigenvalue weighted by Crippen LogP contribution is 2.26. The van der Waals surface area contributed by atoms with Crippen molar-refractivity contribution in [2.24, 2.45) is 11.8 Å². The molecule has 0 unspecified atom stereocenters. The third kappa shape index (κ3) is 5.96. The number of rotatable bonds is 9. The topological polar surface area (TPSA) is 111 Å². The van der Waals surface area contributed by atoms with Gasteiger partial charge < -0.3 is 14.6 Å². The van der Waals surface area contributed by atoms with Gasteiger partial charge in [-0.3, -0.25) is 9.80 Å². The van der Waals surface area contributed by atoms with Crippen LogP contribution in [0.4, 0.5) is 5.82 Å². The predicted molar refractivity (Wildman–Crippen MR) is 110 cm³/mol. The van der Waals surface area contributed by atoms with Gasteiger partial charge in [-0.05, 0) is 26.2 Å². The molecule has 8 heteroatoms. The summed E-state index contributed by atoms with van der Waals surface area (Å²) in [6.45, 7) is 2.93. The lowest BCUT2D eigenvalue weighted by atomic mass is 9.97. The van der Waals surface area contributed by atoms with Gasteiger partial charge in [0, 0.05) is 23.1 Å². The lowest BCUT2D eigenvalue weighted by Gasteiger charge is -2.37. The van der Waals surface area contributed by atoms with Gasteiger partial charge >= 0.3 is 5.97 Å². The summed E-state index contributed by atoms with van der Waals surface area (Å²) in [6.07, 6.45) is 7.76. The zero-order valence-corrected chi connectivity index (χ0v) is 16.6. The third-order valence-electron chi connectivity index (χ3n) is 5.00. The molecule has 156 valence electrons. The fourth-order valence-electron chi connectivity index (χ4n) is 3.44. The molecular weight excluding hydrogens is 372 g/mol. The van der Waals surface area contributed by atoms with Gasteiger partial charge in [0.15, 0.2) is 12.1 Å². The summed E-state index contributed by atoms with van der Waals surface area (Å²) >= 11 is 0. The van der Waals surface area contributed by atoms with Gasteiger partial charge in [0.1, 0.15) is 0 Å². The molecule has 0 radical (unpaired) electrons. The number of carbonyl (C=O) groups is 1. The van der Waals surface area contributed by atoms with E-state index >= 15 is 0 Å². The van der Waals surface area contributed by atoms with Crippen LogP contribution in [0.5, 0.6) is 0 Å². The standard InChI is InChI=1S/C21H28N4O4/c1-15-28-14-17(9-4-2-3-5-11-20(26)27)19(29-15)13-25(22)21-18-10-7-6-8-16(18)12-23-24-21/h2,4,6-8,10,12,15,17,19H,3,5,9,11,13-14,22H2,1H3,(H,26,27)/b4-2-/t15-,17+,19+/m1/s1. The van der Waals surface area contributed by atoms with Crippen LogP contribution >= 0.6 is 0 Å². The number of nitrogens with two attached hydrogens (primary N) is 1. The highest BCUT2D eigenvalue weighted by molar-refractivity contribution is 5.91. The van der Waals surface area contributed by atoms with Gasteiger partial charge in [0.25, 0.3) is 0 Å². The number of hydrazine groups is 1. The molecular formula is C21H28N4O4. The Morgan fingerprint density at radius 2 is 2.21 bits per heavy atom. The first-order valence-electron chi connectivity index (χ1n) is 9.91. The van der Waals surface area contributed by atoms with Crippen molar-refractivity contribution in [3.8, 4) is 0 Å². The SMILES string of the molecule is C[C@@H]1OC[C@H](C/C=C\CCCC(=O)O)[C@H](CN(N)c2nncc3ccccc23)O1. The second kappa shape index (κ2) is 10.3. The molecule has 8 nitrogen and oxygen atoms in total. The molecule has 3 atom stereocenters. The highest BCUT2D eigenvalue weighted by Gasteiger charge is 2.31. The van der Waals surface area contributed by atoms with E-state index in [-0.39, 0.29) is 24.7 Å². The van der Waals surface area contributed by atoms with Crippen molar-refractivity contribution in [3.63, 3.8) is 0 Å². The predicted octanol–water partition coefficient (Wildman–Crippen LogP) is 2.89. The van der Waals surface area contributed by atoms with Crippen LogP contribution in [0, 0.1) is 5.92 Å². The number of carboxylic acid groups (broad SMARTS) is 1. The van der Waals surface area contributed by atoms with Crippen molar-refractivity contribution in [2.45, 2.75) is 45.0 Å². The molecule has 1 aromatic carbocycles. The molecule has 1 saturated heterocycles. The number of hydrogen-bond donors (Lipinski definition) is 2. The summed E-state index contributed by atoms with van der Waals surface area (Å²) < 4.78 is 11.7. The van der Waals surface area contributed by atoms with Gasteiger partial charge in [-0.15, -0.1) is 5.10 Å². The molecule has 29 heavy (non-hydrogen) atoms. The Hall–Kier alpha value is -2.55. The average Bonchev–Trinajstić information content (AvgIpc) is 2.71. The van der Waals surface area contributed by atoms with Crippen molar-refractivity contribution in [1.29, 1.82) is 0 Å². The van der Waals surface area contributed by atoms with Crippen molar-refractivity contribution in [2.75, 3.05) is 18.2 Å². The molecule has 0 spiro atoms. The molecule has 1 aliphatic rings. The second-order valence-corrected chi connectivity index (χ2v) is 7.24. The van der Waals surface area contributed by atoms with Crippen molar-refractivity contribution in [1.82, 2.24) is 10.2 Å². The van der Waals surface area contributed by atoms with Crippen LogP contribution in [0.1, 0.15) is 32.6 Å². The number of anilines is 1. The summed E-state index contributed by atoms with van der Waals surface area (Å²) in [7, 11) is 0. The van der Waals surface area contributed by atoms with Gasteiger partial charge in [0.2, 0.25) is 0 Å². The number of hydrogen-bond acceptors (Lipinski definition) is 7. The summed E-state index contributed by atoms with van der Waals surface area (Å²) in [5.41, 5.74) is 0. The number of benzene rings is 1. The number of ether oxygens (including phenoxy) is 2. The molecule has 0 aliphatic carbocycles. The van der Waals surface area contributed by atoms with E-state index in [9.17, 15) is 4.79 Å². The van der Waals surface area contributed by atoms with Crippen molar-refractivity contribution >= 4 is 22.6 Å². The molecule has 0 amide bonds. The van der Waals surface area contributed by atoms with E-state index in [1.54, 1.807) is 11.2 Å². The van der Waals surface area contributed by atoms with E-state index in [0.29, 0.717) is 25.4 Å². The fourth-order valence-corrected chi connectivity index (χ4v) is 3.44. The summed E-state index contributed by atoms with van der Waals surface area (Å²) in [6, 6.07) is 7.86. The minimum absolute atomic E-state index is 0.117. The van der Waals surface area contributed by atoms with E-state index < -0.39 is 5.97 Å². The minimum atomic E-state index is -0.763. The maximum absolute atomic E-state index is 10.6. The van der Waals surface area contributed by atoms with Gasteiger partial charge in [-0.2, -0.15) is 5.10 Å². The van der Waals surface area contributed by atoms with Gasteiger partial charge in [-0.25, -0.2) is 5.84 Å². The molecule has 1 aliphatic heterocycles. The number of fused-ring (bicyclic) bond motifs is 1. The molecule has 0 bridgehead atoms. The molecule has 1 aromatic heterocycles. The monoisotopic (exact) mass is 400 g/mol. The van der Waals surface area contributed by atoms with E-state index in [1.807, 2.05) is 37.3 Å². The maximum atomic E-state index is 10.6. The van der Waals surface area contributed by atoms with Crippen LogP contribution in [0.25, 0.3) is 10.8 Å². The Morgan fingerprint density at radius 3 is 3.03 bits per heavy atom. The second-order valence-electron chi connectivity index (χ2n) is 7.24. The Morgan fingerprint density at radius 1 is 1.38 bits per heavy atom. The Labute approximate surface area is 170 Å². The maximum Gasteiger partial charge on any atom is 0.303 e. The van der Waals surface area contributed by atoms with Crippen molar-refractivity contribution in [3.05, 3.63) is 42.6 Å². The summed E-state index contributed by atoms with van der Waals surface area (Å²) in [4.78, 5) is 10.6. The van der Waals surface area contributed by atoms with Crippen LogP contribution in [-0.2, 0) is 14.3 Å². The highest BCUT2D eigenvalue weighted by atomic mass is 16.7. The average molecular weight is 400 g/mol. The lowest BCUT2D eigenvalue weighted by Crippen LogP contribution is -2.48. The largest absolute Gasteiger partial charge is 0.481 e. The summed E-state index contributed by atoms with van der Waals surface area (Å²) in [5.74, 6) is 6.36. The Bertz CT molecular complexity index is 839. The Kier molecular flexibility index (Phi) is 7.51. The molecule has 3 N–H and O–H groups in total. The van der Waals surface area contributed by atoms with Crippen LogP contribution in [0.2, 0.25) is 0 Å².